The van der Waals surface area contributed by atoms with E-state index in [1.165, 1.54) is 16.7 Å². The number of hydrogen-bond acceptors (Lipinski definition) is 7. The second-order valence-electron chi connectivity index (χ2n) is 4.42. The Morgan fingerprint density at radius 1 is 1.47 bits per heavy atom. The van der Waals surface area contributed by atoms with E-state index in [0.29, 0.717) is 19.5 Å². The van der Waals surface area contributed by atoms with Gasteiger partial charge in [0.1, 0.15) is 4.90 Å². The molecule has 0 amide bonds. The number of sulfonamides is 1. The summed E-state index contributed by atoms with van der Waals surface area (Å²) in [6, 6.07) is 0. The Balaban J connectivity index is 2.13. The molecule has 0 bridgehead atoms. The predicted molar refractivity (Wildman–Crippen MR) is 68.4 cm³/mol. The number of rotatable bonds is 5. The molecule has 1 aromatic rings. The van der Waals surface area contributed by atoms with E-state index in [4.69, 9.17) is 10.9 Å². The van der Waals surface area contributed by atoms with Crippen molar-refractivity contribution in [1.29, 1.82) is 0 Å². The molecule has 8 nitrogen and oxygen atoms in total. The molecule has 0 spiro atoms. The first kappa shape index (κ1) is 14.1. The van der Waals surface area contributed by atoms with E-state index < -0.39 is 10.0 Å². The zero-order chi connectivity index (χ0) is 13.9. The molecule has 1 aliphatic heterocycles. The zero-order valence-corrected chi connectivity index (χ0v) is 11.2. The number of nitrogens with two attached hydrogens (primary N) is 1. The smallest absolute Gasteiger partial charge is 0.246 e. The Kier molecular flexibility index (Phi) is 4.30. The molecular formula is C10H17N5O3S. The van der Waals surface area contributed by atoms with Crippen LogP contribution in [0.4, 0.5) is 5.95 Å². The molecule has 1 saturated heterocycles. The van der Waals surface area contributed by atoms with Crippen molar-refractivity contribution in [3.8, 4) is 0 Å². The van der Waals surface area contributed by atoms with Crippen molar-refractivity contribution in [3.63, 3.8) is 0 Å². The predicted octanol–water partition coefficient (Wildman–Crippen LogP) is -0.845. The summed E-state index contributed by atoms with van der Waals surface area (Å²) in [6.07, 6.45) is 3.86. The lowest BCUT2D eigenvalue weighted by atomic mass is 10.1. The average Bonchev–Trinajstić information content (AvgIpc) is 2.89. The Morgan fingerprint density at radius 2 is 2.16 bits per heavy atom. The molecule has 0 radical (unpaired) electrons. The molecule has 0 aliphatic carbocycles. The molecule has 4 N–H and O–H groups in total. The van der Waals surface area contributed by atoms with Gasteiger partial charge in [-0.25, -0.2) is 24.2 Å². The number of hydrazine groups is 1. The van der Waals surface area contributed by atoms with Gasteiger partial charge in [-0.3, -0.25) is 5.43 Å². The van der Waals surface area contributed by atoms with Gasteiger partial charge in [-0.15, -0.1) is 0 Å². The molecule has 1 aromatic heterocycles. The van der Waals surface area contributed by atoms with Gasteiger partial charge in [0.2, 0.25) is 16.0 Å². The van der Waals surface area contributed by atoms with Gasteiger partial charge in [-0.1, -0.05) is 0 Å². The lowest BCUT2D eigenvalue weighted by molar-refractivity contribution is 0.259. The number of nitrogen functional groups attached to an aromatic ring is 1. The van der Waals surface area contributed by atoms with Crippen molar-refractivity contribution in [2.24, 2.45) is 11.8 Å². The number of aliphatic hydroxyl groups is 1. The Bertz CT molecular complexity index is 518. The standard InChI is InChI=1S/C10H17N5O3S/c11-14-10-12-5-9(6-13-10)19(17,18)15-3-1-8(7-15)2-4-16/h5-6,8,16H,1-4,7,11H2,(H,12,13,14). The van der Waals surface area contributed by atoms with Gasteiger partial charge >= 0.3 is 0 Å². The van der Waals surface area contributed by atoms with Crippen LogP contribution >= 0.6 is 0 Å². The number of anilines is 1. The van der Waals surface area contributed by atoms with Crippen LogP contribution in [0, 0.1) is 5.92 Å². The summed E-state index contributed by atoms with van der Waals surface area (Å²) in [5.74, 6) is 5.50. The number of aliphatic hydroxyl groups excluding tert-OH is 1. The van der Waals surface area contributed by atoms with Gasteiger partial charge in [0.25, 0.3) is 0 Å². The van der Waals surface area contributed by atoms with Gasteiger partial charge in [-0.05, 0) is 18.8 Å². The van der Waals surface area contributed by atoms with Gasteiger partial charge in [0, 0.05) is 19.7 Å². The van der Waals surface area contributed by atoms with Crippen molar-refractivity contribution in [2.45, 2.75) is 17.7 Å². The molecule has 1 aliphatic rings. The van der Waals surface area contributed by atoms with E-state index in [-0.39, 0.29) is 23.4 Å². The van der Waals surface area contributed by atoms with E-state index in [9.17, 15) is 8.42 Å². The molecule has 2 heterocycles. The number of nitrogens with one attached hydrogen (secondary N) is 1. The fourth-order valence-corrected chi connectivity index (χ4v) is 3.53. The maximum Gasteiger partial charge on any atom is 0.246 e. The Hall–Kier alpha value is -1.29. The van der Waals surface area contributed by atoms with Crippen LogP contribution in [0.25, 0.3) is 0 Å². The molecule has 106 valence electrons. The van der Waals surface area contributed by atoms with Gasteiger partial charge in [0.15, 0.2) is 0 Å². The summed E-state index contributed by atoms with van der Waals surface area (Å²) in [5, 5.41) is 8.88. The van der Waals surface area contributed by atoms with Crippen LogP contribution in [-0.2, 0) is 10.0 Å². The van der Waals surface area contributed by atoms with E-state index in [1.54, 1.807) is 0 Å². The van der Waals surface area contributed by atoms with Crippen LogP contribution in [0.15, 0.2) is 17.3 Å². The molecule has 2 rings (SSSR count). The topological polar surface area (TPSA) is 121 Å². The fraction of sp³-hybridized carbons (Fsp3) is 0.600. The molecule has 1 atom stereocenters. The highest BCUT2D eigenvalue weighted by atomic mass is 32.2. The zero-order valence-electron chi connectivity index (χ0n) is 10.4. The van der Waals surface area contributed by atoms with Crippen LogP contribution in [0.2, 0.25) is 0 Å². The van der Waals surface area contributed by atoms with Crippen molar-refractivity contribution >= 4 is 16.0 Å². The number of nitrogens with zero attached hydrogens (tertiary/aromatic N) is 3. The SMILES string of the molecule is NNc1ncc(S(=O)(=O)N2CCC(CCO)C2)cn1. The average molecular weight is 287 g/mol. The summed E-state index contributed by atoms with van der Waals surface area (Å²) in [6.45, 7) is 0.974. The van der Waals surface area contributed by atoms with Gasteiger partial charge in [0.05, 0.1) is 12.4 Å². The normalized spacial score (nSPS) is 20.6. The first-order chi connectivity index (χ1) is 9.07. The molecule has 0 saturated carbocycles. The summed E-state index contributed by atoms with van der Waals surface area (Å²) in [4.78, 5) is 7.65. The number of hydrogen-bond donors (Lipinski definition) is 3. The lowest BCUT2D eigenvalue weighted by Gasteiger charge is -2.16. The van der Waals surface area contributed by atoms with Crippen molar-refractivity contribution in [3.05, 3.63) is 12.4 Å². The summed E-state index contributed by atoms with van der Waals surface area (Å²) in [7, 11) is -3.56. The van der Waals surface area contributed by atoms with Gasteiger partial charge < -0.3 is 5.11 Å². The van der Waals surface area contributed by atoms with Crippen molar-refractivity contribution in [2.75, 3.05) is 25.1 Å². The first-order valence-corrected chi connectivity index (χ1v) is 7.41. The third kappa shape index (κ3) is 3.00. The van der Waals surface area contributed by atoms with Crippen LogP contribution in [0.3, 0.4) is 0 Å². The minimum absolute atomic E-state index is 0.0520. The van der Waals surface area contributed by atoms with Crippen LogP contribution < -0.4 is 11.3 Å². The minimum atomic E-state index is -3.56. The second kappa shape index (κ2) is 5.78. The number of aromatic nitrogens is 2. The van der Waals surface area contributed by atoms with Crippen LogP contribution in [0.5, 0.6) is 0 Å². The monoisotopic (exact) mass is 287 g/mol. The third-order valence-corrected chi connectivity index (χ3v) is 5.00. The largest absolute Gasteiger partial charge is 0.396 e. The Labute approximate surface area is 111 Å². The molecular weight excluding hydrogens is 270 g/mol. The molecule has 1 fully saturated rings. The summed E-state index contributed by atoms with van der Waals surface area (Å²) in [5.41, 5.74) is 2.24. The molecule has 19 heavy (non-hydrogen) atoms. The summed E-state index contributed by atoms with van der Waals surface area (Å²) < 4.78 is 26.0. The highest BCUT2D eigenvalue weighted by molar-refractivity contribution is 7.89. The second-order valence-corrected chi connectivity index (χ2v) is 6.35. The highest BCUT2D eigenvalue weighted by Gasteiger charge is 2.32. The van der Waals surface area contributed by atoms with E-state index >= 15 is 0 Å². The quantitative estimate of drug-likeness (QED) is 0.476. The maximum atomic E-state index is 12.3. The lowest BCUT2D eigenvalue weighted by Crippen LogP contribution is -2.29. The first-order valence-electron chi connectivity index (χ1n) is 5.97. The molecule has 0 aromatic carbocycles. The van der Waals surface area contributed by atoms with E-state index in [2.05, 4.69) is 15.4 Å². The van der Waals surface area contributed by atoms with E-state index in [0.717, 1.165) is 6.42 Å². The van der Waals surface area contributed by atoms with E-state index in [1.807, 2.05) is 0 Å². The third-order valence-electron chi connectivity index (χ3n) is 3.18. The van der Waals surface area contributed by atoms with Crippen molar-refractivity contribution in [1.82, 2.24) is 14.3 Å². The summed E-state index contributed by atoms with van der Waals surface area (Å²) >= 11 is 0. The van der Waals surface area contributed by atoms with Crippen LogP contribution in [0.1, 0.15) is 12.8 Å². The van der Waals surface area contributed by atoms with Gasteiger partial charge in [-0.2, -0.15) is 4.31 Å². The fourth-order valence-electron chi connectivity index (χ4n) is 2.11. The molecule has 9 heteroatoms. The molecule has 1 unspecified atom stereocenters. The maximum absolute atomic E-state index is 12.3. The Morgan fingerprint density at radius 3 is 2.74 bits per heavy atom. The van der Waals surface area contributed by atoms with Crippen molar-refractivity contribution < 1.29 is 13.5 Å². The highest BCUT2D eigenvalue weighted by Crippen LogP contribution is 2.25. The van der Waals surface area contributed by atoms with Crippen LogP contribution in [-0.4, -0.2) is 47.5 Å². The minimum Gasteiger partial charge on any atom is -0.396 e.